The highest BCUT2D eigenvalue weighted by molar-refractivity contribution is 7.59. The van der Waals surface area contributed by atoms with E-state index in [0.717, 1.165) is 31.7 Å². The van der Waals surface area contributed by atoms with Crippen molar-refractivity contribution < 1.29 is 18.4 Å². The van der Waals surface area contributed by atoms with Gasteiger partial charge >= 0.3 is 0 Å². The van der Waals surface area contributed by atoms with E-state index < -0.39 is 18.4 Å². The summed E-state index contributed by atoms with van der Waals surface area (Å²) in [5.74, 6) is -1.24. The molecule has 0 radical (unpaired) electrons. The molecule has 0 aliphatic heterocycles. The van der Waals surface area contributed by atoms with E-state index in [1.807, 2.05) is 0 Å². The molecule has 1 aromatic rings. The van der Waals surface area contributed by atoms with Gasteiger partial charge in [-0.25, -0.2) is 8.78 Å². The second kappa shape index (κ2) is 8.78. The lowest BCUT2D eigenvalue weighted by atomic mass is 10.00. The first-order chi connectivity index (χ1) is 13.4. The second-order valence-corrected chi connectivity index (χ2v) is 8.62. The van der Waals surface area contributed by atoms with Crippen molar-refractivity contribution in [1.29, 1.82) is 0 Å². The van der Waals surface area contributed by atoms with Crippen LogP contribution in [0, 0.1) is 5.82 Å². The number of nitrogens with two attached hydrogens (primary N) is 1. The molecule has 2 saturated carbocycles. The normalized spacial score (nSPS) is 17.8. The maximum Gasteiger partial charge on any atom is 0.251 e. The van der Waals surface area contributed by atoms with Crippen molar-refractivity contribution in [2.75, 3.05) is 0 Å². The van der Waals surface area contributed by atoms with E-state index in [0.29, 0.717) is 11.2 Å². The zero-order valence-corrected chi connectivity index (χ0v) is 16.4. The minimum absolute atomic E-state index is 0.00370. The highest BCUT2D eigenvalue weighted by atomic mass is 31.1. The quantitative estimate of drug-likeness (QED) is 0.372. The third-order valence-corrected chi connectivity index (χ3v) is 6.19. The van der Waals surface area contributed by atoms with Gasteiger partial charge in [0.2, 0.25) is 0 Å². The van der Waals surface area contributed by atoms with Crippen LogP contribution < -0.4 is 11.1 Å². The van der Waals surface area contributed by atoms with Crippen LogP contribution in [0.25, 0.3) is 5.70 Å². The first-order valence-corrected chi connectivity index (χ1v) is 10.3. The molecule has 0 spiro atoms. The van der Waals surface area contributed by atoms with Crippen molar-refractivity contribution in [2.24, 2.45) is 5.73 Å². The number of carbonyl (C=O) groups is 2. The van der Waals surface area contributed by atoms with E-state index in [4.69, 9.17) is 5.73 Å². The molecule has 148 valence electrons. The average Bonchev–Trinajstić information content (AvgIpc) is 3.58. The number of allylic oxidation sites excluding steroid dienone is 4. The summed E-state index contributed by atoms with van der Waals surface area (Å²) < 4.78 is 27.7. The lowest BCUT2D eigenvalue weighted by molar-refractivity contribution is -0.107. The molecule has 1 atom stereocenters. The van der Waals surface area contributed by atoms with Gasteiger partial charge in [0, 0.05) is 34.0 Å². The summed E-state index contributed by atoms with van der Waals surface area (Å²) in [6.07, 6.45) is 8.34. The highest BCUT2D eigenvalue weighted by Gasteiger charge is 2.26. The number of alkyl halides is 1. The summed E-state index contributed by atoms with van der Waals surface area (Å²) in [5.41, 5.74) is 6.99. The minimum Gasteiger partial charge on any atom is -0.398 e. The Labute approximate surface area is 164 Å². The van der Waals surface area contributed by atoms with Gasteiger partial charge in [-0.3, -0.25) is 9.59 Å². The molecule has 1 unspecified atom stereocenters. The lowest BCUT2D eigenvalue weighted by Gasteiger charge is -2.12. The highest BCUT2D eigenvalue weighted by Crippen LogP contribution is 2.41. The van der Waals surface area contributed by atoms with Crippen molar-refractivity contribution in [3.05, 3.63) is 65.0 Å². The summed E-state index contributed by atoms with van der Waals surface area (Å²) in [6.45, 7) is 2.60. The van der Waals surface area contributed by atoms with Crippen LogP contribution in [0.15, 0.2) is 42.5 Å². The molecule has 2 aliphatic rings. The zero-order chi connectivity index (χ0) is 20.3. The van der Waals surface area contributed by atoms with E-state index in [2.05, 4.69) is 11.9 Å². The van der Waals surface area contributed by atoms with E-state index >= 15 is 0 Å². The standard InChI is InChI=1S/C21H23F2N2O2P/c1-2-12(21(27)28-15-6-7-15)3-8-19(24)16-9-13(10-18(23)17(16)11-22)20(26)25-14-4-5-14/h2-3,8-10,14-15,28H,1,4-7,11,24H2,(H,25,26)/b12-3+,19-8-. The fraction of sp³-hybridized carbons (Fsp3) is 0.333. The first kappa shape index (κ1) is 20.4. The molecule has 1 amide bonds. The largest absolute Gasteiger partial charge is 0.398 e. The first-order valence-electron chi connectivity index (χ1n) is 9.23. The van der Waals surface area contributed by atoms with E-state index in [9.17, 15) is 18.4 Å². The van der Waals surface area contributed by atoms with Gasteiger partial charge in [0.15, 0.2) is 5.52 Å². The Morgan fingerprint density at radius 3 is 2.54 bits per heavy atom. The number of carbonyl (C=O) groups excluding carboxylic acids is 2. The molecular formula is C21H23F2N2O2P. The van der Waals surface area contributed by atoms with Gasteiger partial charge in [-0.2, -0.15) is 0 Å². The van der Waals surface area contributed by atoms with Crippen LogP contribution in [0.3, 0.4) is 0 Å². The molecule has 0 saturated heterocycles. The number of nitrogens with one attached hydrogen (secondary N) is 1. The number of halogens is 2. The Kier molecular flexibility index (Phi) is 6.40. The van der Waals surface area contributed by atoms with E-state index in [1.54, 1.807) is 0 Å². The Bertz CT molecular complexity index is 871. The van der Waals surface area contributed by atoms with Crippen molar-refractivity contribution in [2.45, 2.75) is 44.1 Å². The van der Waals surface area contributed by atoms with Crippen LogP contribution in [-0.2, 0) is 11.5 Å². The molecule has 28 heavy (non-hydrogen) atoms. The lowest BCUT2D eigenvalue weighted by Crippen LogP contribution is -2.25. The Hall–Kier alpha value is -2.33. The molecule has 0 bridgehead atoms. The molecule has 0 heterocycles. The Morgan fingerprint density at radius 1 is 1.25 bits per heavy atom. The van der Waals surface area contributed by atoms with Gasteiger partial charge in [-0.1, -0.05) is 12.7 Å². The maximum absolute atomic E-state index is 14.3. The smallest absolute Gasteiger partial charge is 0.251 e. The van der Waals surface area contributed by atoms with Gasteiger partial charge in [0.25, 0.3) is 5.91 Å². The van der Waals surface area contributed by atoms with Crippen molar-refractivity contribution in [3.63, 3.8) is 0 Å². The summed E-state index contributed by atoms with van der Waals surface area (Å²) in [5, 5.41) is 2.77. The van der Waals surface area contributed by atoms with Crippen molar-refractivity contribution >= 4 is 25.7 Å². The molecular weight excluding hydrogens is 381 g/mol. The molecule has 2 aliphatic carbocycles. The fourth-order valence-corrected chi connectivity index (χ4v) is 3.84. The average molecular weight is 404 g/mol. The Morgan fingerprint density at radius 2 is 1.96 bits per heavy atom. The van der Waals surface area contributed by atoms with Crippen LogP contribution in [0.2, 0.25) is 0 Å². The topological polar surface area (TPSA) is 72.2 Å². The molecule has 2 fully saturated rings. The predicted octanol–water partition coefficient (Wildman–Crippen LogP) is 3.97. The van der Waals surface area contributed by atoms with Crippen LogP contribution >= 0.6 is 8.58 Å². The van der Waals surface area contributed by atoms with Crippen LogP contribution in [0.4, 0.5) is 8.78 Å². The zero-order valence-electron chi connectivity index (χ0n) is 15.4. The van der Waals surface area contributed by atoms with Crippen LogP contribution in [0.1, 0.15) is 47.2 Å². The summed E-state index contributed by atoms with van der Waals surface area (Å²) >= 11 is 0. The van der Waals surface area contributed by atoms with Crippen LogP contribution in [0.5, 0.6) is 0 Å². The number of benzene rings is 1. The summed E-state index contributed by atoms with van der Waals surface area (Å²) in [4.78, 5) is 24.5. The summed E-state index contributed by atoms with van der Waals surface area (Å²) in [6, 6.07) is 2.52. The SMILES string of the molecule is C=C/C(=C\C=C(/N)c1cc(C(=O)NC2CC2)cc(F)c1CF)C(=O)PC1CC1. The molecule has 0 aromatic heterocycles. The molecule has 3 N–H and O–H groups in total. The third kappa shape index (κ3) is 5.14. The maximum atomic E-state index is 14.3. The number of hydrogen-bond donors (Lipinski definition) is 2. The van der Waals surface area contributed by atoms with Gasteiger partial charge in [-0.05, 0) is 64.2 Å². The third-order valence-electron chi connectivity index (χ3n) is 4.65. The monoisotopic (exact) mass is 404 g/mol. The van der Waals surface area contributed by atoms with Crippen molar-refractivity contribution in [3.8, 4) is 0 Å². The fourth-order valence-electron chi connectivity index (χ4n) is 2.66. The summed E-state index contributed by atoms with van der Waals surface area (Å²) in [7, 11) is 0.203. The van der Waals surface area contributed by atoms with Gasteiger partial charge in [-0.15, -0.1) is 0 Å². The Balaban J connectivity index is 1.88. The van der Waals surface area contributed by atoms with Crippen LogP contribution in [-0.4, -0.2) is 23.1 Å². The van der Waals surface area contributed by atoms with Crippen molar-refractivity contribution in [1.82, 2.24) is 5.32 Å². The molecule has 3 rings (SSSR count). The van der Waals surface area contributed by atoms with E-state index in [1.165, 1.54) is 24.3 Å². The predicted molar refractivity (Wildman–Crippen MR) is 108 cm³/mol. The van der Waals surface area contributed by atoms with Gasteiger partial charge in [0.1, 0.15) is 12.5 Å². The number of rotatable bonds is 9. The number of amides is 1. The van der Waals surface area contributed by atoms with Gasteiger partial charge in [0.05, 0.1) is 0 Å². The van der Waals surface area contributed by atoms with Gasteiger partial charge < -0.3 is 11.1 Å². The minimum atomic E-state index is -1.06. The van der Waals surface area contributed by atoms with E-state index in [-0.39, 0.29) is 42.5 Å². The molecule has 7 heteroatoms. The molecule has 1 aromatic carbocycles. The molecule has 4 nitrogen and oxygen atoms in total. The second-order valence-electron chi connectivity index (χ2n) is 7.06. The number of hydrogen-bond acceptors (Lipinski definition) is 3.